The second kappa shape index (κ2) is 11.4. The van der Waals surface area contributed by atoms with Crippen molar-refractivity contribution in [3.05, 3.63) is 29.3 Å². The van der Waals surface area contributed by atoms with E-state index in [4.69, 9.17) is 11.6 Å². The van der Waals surface area contributed by atoms with Crippen LogP contribution >= 0.6 is 35.1 Å². The first-order valence-electron chi connectivity index (χ1n) is 9.41. The van der Waals surface area contributed by atoms with Gasteiger partial charge in [0.1, 0.15) is 5.88 Å². The molecule has 25 heavy (non-hydrogen) atoms. The van der Waals surface area contributed by atoms with E-state index in [9.17, 15) is 4.79 Å². The van der Waals surface area contributed by atoms with Gasteiger partial charge in [0.25, 0.3) is 0 Å². The number of unbranched alkanes of at least 4 members (excludes halogenated alkanes) is 2. The second-order valence-corrected chi connectivity index (χ2v) is 9.63. The van der Waals surface area contributed by atoms with Gasteiger partial charge in [-0.1, -0.05) is 44.9 Å². The number of hydrogen-bond donors (Lipinski definition) is 0. The van der Waals surface area contributed by atoms with Gasteiger partial charge in [0.05, 0.1) is 10.3 Å². The number of halogens is 1. The maximum atomic E-state index is 12.7. The van der Waals surface area contributed by atoms with Gasteiger partial charge in [-0.15, -0.1) is 35.1 Å². The first kappa shape index (κ1) is 21.0. The Kier molecular flexibility index (Phi) is 9.57. The molecule has 1 saturated heterocycles. The Bertz CT molecular complexity index is 520. The lowest BCUT2D eigenvalue weighted by atomic mass is 9.97. The predicted octanol–water partition coefficient (Wildman–Crippen LogP) is 5.75. The molecule has 1 aromatic rings. The summed E-state index contributed by atoms with van der Waals surface area (Å²) in [5.74, 6) is 2.45. The van der Waals surface area contributed by atoms with Crippen molar-refractivity contribution in [2.75, 3.05) is 28.8 Å². The van der Waals surface area contributed by atoms with Gasteiger partial charge < -0.3 is 4.90 Å². The van der Waals surface area contributed by atoms with E-state index in [-0.39, 0.29) is 11.8 Å². The minimum Gasteiger partial charge on any atom is -0.309 e. The molecule has 0 unspecified atom stereocenters. The number of carbonyl (C=O) groups is 1. The summed E-state index contributed by atoms with van der Waals surface area (Å²) in [6.07, 6.45) is 6.69. The van der Waals surface area contributed by atoms with Gasteiger partial charge in [0.15, 0.2) is 0 Å². The van der Waals surface area contributed by atoms with Crippen molar-refractivity contribution in [2.24, 2.45) is 0 Å². The molecule has 2 nitrogen and oxygen atoms in total. The van der Waals surface area contributed by atoms with E-state index in [1.807, 2.05) is 28.4 Å². The van der Waals surface area contributed by atoms with Gasteiger partial charge >= 0.3 is 0 Å². The normalized spacial score (nSPS) is 14.8. The first-order valence-corrected chi connectivity index (χ1v) is 12.0. The van der Waals surface area contributed by atoms with Gasteiger partial charge in [-0.3, -0.25) is 4.79 Å². The van der Waals surface area contributed by atoms with Gasteiger partial charge in [-0.2, -0.15) is 0 Å². The van der Waals surface area contributed by atoms with Crippen LogP contribution in [-0.4, -0.2) is 34.4 Å². The van der Waals surface area contributed by atoms with Crippen LogP contribution in [0.5, 0.6) is 0 Å². The molecule has 140 valence electrons. The Hall–Kier alpha value is -0.320. The van der Waals surface area contributed by atoms with Crippen LogP contribution in [0.4, 0.5) is 5.69 Å². The van der Waals surface area contributed by atoms with E-state index in [2.05, 4.69) is 32.0 Å². The second-order valence-electron chi connectivity index (χ2n) is 6.44. The first-order chi connectivity index (χ1) is 12.2. The summed E-state index contributed by atoms with van der Waals surface area (Å²) >= 11 is 9.92. The number of thioether (sulfide) groups is 2. The molecule has 0 radical (unpaired) electrons. The molecule has 1 amide bonds. The quantitative estimate of drug-likeness (QED) is 0.467. The standard InChI is InChI=1S/C20H30ClNOS2/c1-3-5-8-16-10-7-11-17(9-6-4-2)20(16)22(18(23)14-21)15-19-24-12-13-25-19/h7,10-11,19H,3-6,8-9,12-15H2,1-2H3. The average Bonchev–Trinajstić information content (AvgIpc) is 3.15. The number of aryl methyl sites for hydroxylation is 2. The molecule has 0 spiro atoms. The number of para-hydroxylation sites is 1. The molecule has 1 aliphatic rings. The summed E-state index contributed by atoms with van der Waals surface area (Å²) in [7, 11) is 0. The van der Waals surface area contributed by atoms with E-state index in [0.29, 0.717) is 4.58 Å². The average molecular weight is 400 g/mol. The van der Waals surface area contributed by atoms with Crippen molar-refractivity contribution in [1.82, 2.24) is 0 Å². The summed E-state index contributed by atoms with van der Waals surface area (Å²) in [5.41, 5.74) is 3.77. The van der Waals surface area contributed by atoms with Crippen molar-refractivity contribution < 1.29 is 4.79 Å². The van der Waals surface area contributed by atoms with E-state index in [1.54, 1.807) is 0 Å². The molecule has 0 aromatic heterocycles. The zero-order valence-electron chi connectivity index (χ0n) is 15.4. The minimum atomic E-state index is 0.0384. The maximum absolute atomic E-state index is 12.7. The number of nitrogens with zero attached hydrogens (tertiary/aromatic N) is 1. The summed E-state index contributed by atoms with van der Waals surface area (Å²) in [5, 5.41) is 0. The molecule has 0 saturated carbocycles. The smallest absolute Gasteiger partial charge is 0.241 e. The fourth-order valence-corrected chi connectivity index (χ4v) is 6.09. The Balaban J connectivity index is 2.37. The number of alkyl halides is 1. The third-order valence-electron chi connectivity index (χ3n) is 4.51. The number of amides is 1. The van der Waals surface area contributed by atoms with Gasteiger partial charge in [-0.25, -0.2) is 0 Å². The lowest BCUT2D eigenvalue weighted by Gasteiger charge is -2.29. The molecular formula is C20H30ClNOS2. The zero-order chi connectivity index (χ0) is 18.1. The Labute approximate surface area is 166 Å². The van der Waals surface area contributed by atoms with Crippen LogP contribution < -0.4 is 4.90 Å². The highest BCUT2D eigenvalue weighted by atomic mass is 35.5. The highest BCUT2D eigenvalue weighted by Gasteiger charge is 2.26. The molecule has 0 atom stereocenters. The van der Waals surface area contributed by atoms with Crippen LogP contribution in [0.2, 0.25) is 0 Å². The SMILES string of the molecule is CCCCc1cccc(CCCC)c1N(CC1SCCS1)C(=O)CCl. The van der Waals surface area contributed by atoms with Gasteiger partial charge in [0.2, 0.25) is 5.91 Å². The largest absolute Gasteiger partial charge is 0.309 e. The predicted molar refractivity (Wildman–Crippen MR) is 115 cm³/mol. The van der Waals surface area contributed by atoms with E-state index >= 15 is 0 Å². The fourth-order valence-electron chi connectivity index (χ4n) is 3.18. The summed E-state index contributed by atoms with van der Waals surface area (Å²) in [6, 6.07) is 6.55. The molecule has 1 aromatic carbocycles. The maximum Gasteiger partial charge on any atom is 0.241 e. The lowest BCUT2D eigenvalue weighted by molar-refractivity contribution is -0.116. The number of benzene rings is 1. The van der Waals surface area contributed by atoms with Crippen molar-refractivity contribution in [3.8, 4) is 0 Å². The molecule has 0 aliphatic carbocycles. The number of hydrogen-bond acceptors (Lipinski definition) is 3. The molecule has 0 bridgehead atoms. The van der Waals surface area contributed by atoms with Crippen LogP contribution in [0.15, 0.2) is 18.2 Å². The van der Waals surface area contributed by atoms with Crippen LogP contribution in [-0.2, 0) is 17.6 Å². The van der Waals surface area contributed by atoms with E-state index < -0.39 is 0 Å². The Morgan fingerprint density at radius 3 is 2.16 bits per heavy atom. The third kappa shape index (κ3) is 6.11. The molecule has 5 heteroatoms. The highest BCUT2D eigenvalue weighted by molar-refractivity contribution is 8.20. The topological polar surface area (TPSA) is 20.3 Å². The minimum absolute atomic E-state index is 0.0384. The van der Waals surface area contributed by atoms with Crippen molar-refractivity contribution in [2.45, 2.75) is 57.0 Å². The van der Waals surface area contributed by atoms with Crippen LogP contribution in [0.1, 0.15) is 50.7 Å². The van der Waals surface area contributed by atoms with Gasteiger partial charge in [0, 0.05) is 18.1 Å². The van der Waals surface area contributed by atoms with Crippen molar-refractivity contribution >= 4 is 46.7 Å². The van der Waals surface area contributed by atoms with Crippen molar-refractivity contribution in [1.29, 1.82) is 0 Å². The molecular weight excluding hydrogens is 370 g/mol. The van der Waals surface area contributed by atoms with E-state index in [1.165, 1.54) is 22.6 Å². The monoisotopic (exact) mass is 399 g/mol. The molecule has 1 aliphatic heterocycles. The van der Waals surface area contributed by atoms with Crippen molar-refractivity contribution in [3.63, 3.8) is 0 Å². The zero-order valence-corrected chi connectivity index (χ0v) is 17.8. The number of anilines is 1. The molecule has 1 fully saturated rings. The fraction of sp³-hybridized carbons (Fsp3) is 0.650. The summed E-state index contributed by atoms with van der Waals surface area (Å²) < 4.78 is 0.463. The lowest BCUT2D eigenvalue weighted by Crippen LogP contribution is -2.37. The number of carbonyl (C=O) groups excluding carboxylic acids is 1. The number of rotatable bonds is 10. The van der Waals surface area contributed by atoms with Crippen LogP contribution in [0, 0.1) is 0 Å². The highest BCUT2D eigenvalue weighted by Crippen LogP contribution is 2.36. The summed E-state index contributed by atoms with van der Waals surface area (Å²) in [4.78, 5) is 14.7. The van der Waals surface area contributed by atoms with Crippen LogP contribution in [0.3, 0.4) is 0 Å². The summed E-state index contributed by atoms with van der Waals surface area (Å²) in [6.45, 7) is 5.20. The third-order valence-corrected chi connectivity index (χ3v) is 7.74. The Morgan fingerprint density at radius 1 is 1.12 bits per heavy atom. The Morgan fingerprint density at radius 2 is 1.68 bits per heavy atom. The molecule has 2 rings (SSSR count). The van der Waals surface area contributed by atoms with E-state index in [0.717, 1.165) is 50.8 Å². The molecule has 0 N–H and O–H groups in total. The van der Waals surface area contributed by atoms with Crippen LogP contribution in [0.25, 0.3) is 0 Å². The van der Waals surface area contributed by atoms with Gasteiger partial charge in [-0.05, 0) is 36.8 Å². The molecule has 1 heterocycles.